The molecular weight excluding hydrogens is 119 g/mol. The van der Waals surface area contributed by atoms with E-state index < -0.39 is 6.55 Å². The van der Waals surface area contributed by atoms with Crippen LogP contribution in [0.4, 0.5) is 0 Å². The minimum Gasteiger partial charge on any atom is -0.548 e. The molecule has 0 aliphatic heterocycles. The van der Waals surface area contributed by atoms with E-state index in [1.54, 1.807) is 11.9 Å². The van der Waals surface area contributed by atoms with Gasteiger partial charge >= 0.3 is 6.55 Å². The lowest BCUT2D eigenvalue weighted by molar-refractivity contribution is 0.274. The van der Waals surface area contributed by atoms with Gasteiger partial charge in [-0.3, -0.25) is 0 Å². The van der Waals surface area contributed by atoms with Crippen molar-refractivity contribution in [3.05, 3.63) is 0 Å². The molecule has 48 valence electrons. The van der Waals surface area contributed by atoms with Gasteiger partial charge in [0.25, 0.3) is 0 Å². The van der Waals surface area contributed by atoms with Gasteiger partial charge in [0.05, 0.1) is 0 Å². The molecule has 0 amide bonds. The molecule has 0 bridgehead atoms. The Labute approximate surface area is 53.6 Å². The molecule has 0 heterocycles. The minimum atomic E-state index is -2.33. The predicted octanol–water partition coefficient (Wildman–Crippen LogP) is -0.153. The van der Waals surface area contributed by atoms with Gasteiger partial charge in [-0.25, -0.2) is 10.5 Å². The molecule has 5 heteroatoms. The maximum Gasteiger partial charge on any atom is 0.441 e. The Hall–Kier alpha value is -1.04. The van der Waals surface area contributed by atoms with Gasteiger partial charge in [0.15, 0.2) is 0 Å². The summed E-state index contributed by atoms with van der Waals surface area (Å²) in [4.78, 5) is 0. The molecule has 9 heavy (non-hydrogen) atoms. The predicted molar refractivity (Wildman–Crippen MR) is 31.0 cm³/mol. The third-order valence-electron chi connectivity index (χ3n) is 1.00. The van der Waals surface area contributed by atoms with Gasteiger partial charge < -0.3 is 9.31 Å². The molecule has 0 N–H and O–H groups in total. The zero-order valence-corrected chi connectivity index (χ0v) is 5.29. The Morgan fingerprint density at radius 1 is 1.11 bits per heavy atom. The van der Waals surface area contributed by atoms with Crippen molar-refractivity contribution in [3.8, 4) is 11.9 Å². The third kappa shape index (κ3) is 1.43. The van der Waals surface area contributed by atoms with E-state index in [2.05, 4.69) is 9.31 Å². The van der Waals surface area contributed by atoms with Gasteiger partial charge in [-0.15, -0.1) is 0 Å². The van der Waals surface area contributed by atoms with Crippen molar-refractivity contribution in [2.45, 2.75) is 0 Å². The van der Waals surface area contributed by atoms with Crippen LogP contribution in [0, 0.1) is 22.5 Å². The highest BCUT2D eigenvalue weighted by Crippen LogP contribution is 1.98. The van der Waals surface area contributed by atoms with E-state index in [0.717, 1.165) is 0 Å². The van der Waals surface area contributed by atoms with Gasteiger partial charge in [-0.1, -0.05) is 11.9 Å². The summed E-state index contributed by atoms with van der Waals surface area (Å²) in [6.07, 6.45) is 0. The molecule has 4 nitrogen and oxygen atoms in total. The fourth-order valence-electron chi connectivity index (χ4n) is 0.336. The van der Waals surface area contributed by atoms with Gasteiger partial charge in [-0.05, 0) is 14.2 Å². The van der Waals surface area contributed by atoms with Crippen LogP contribution in [0.2, 0.25) is 0 Å². The van der Waals surface area contributed by atoms with Crippen molar-refractivity contribution in [2.75, 3.05) is 14.2 Å². The number of rotatable bonds is 2. The maximum absolute atomic E-state index is 8.28. The molecule has 0 fully saturated rings. The first-order valence-corrected chi connectivity index (χ1v) is 2.31. The topological polar surface area (TPSA) is 66.0 Å². The minimum absolute atomic E-state index is 1.26. The average Bonchev–Trinajstić information content (AvgIpc) is 1.95. The molecule has 0 aliphatic rings. The van der Waals surface area contributed by atoms with E-state index in [1.807, 2.05) is 0 Å². The van der Waals surface area contributed by atoms with E-state index in [1.165, 1.54) is 14.2 Å². The molecular formula is C4H6BN2O2-. The molecule has 0 aromatic heterocycles. The van der Waals surface area contributed by atoms with Crippen LogP contribution in [0.15, 0.2) is 0 Å². The molecule has 0 saturated heterocycles. The highest BCUT2D eigenvalue weighted by atomic mass is 16.6. The van der Waals surface area contributed by atoms with Crippen molar-refractivity contribution < 1.29 is 9.31 Å². The molecule has 0 radical (unpaired) electrons. The summed E-state index contributed by atoms with van der Waals surface area (Å²) in [5.74, 6) is 3.24. The van der Waals surface area contributed by atoms with Crippen LogP contribution in [0.5, 0.6) is 0 Å². The van der Waals surface area contributed by atoms with Crippen LogP contribution >= 0.6 is 0 Å². The first kappa shape index (κ1) is 7.96. The van der Waals surface area contributed by atoms with Crippen molar-refractivity contribution in [1.82, 2.24) is 0 Å². The molecule has 0 aromatic rings. The average molecular weight is 125 g/mol. The van der Waals surface area contributed by atoms with Gasteiger partial charge in [-0.2, -0.15) is 0 Å². The Bertz CT molecular complexity index is 148. The van der Waals surface area contributed by atoms with Crippen LogP contribution in [-0.4, -0.2) is 20.8 Å². The second-order valence-corrected chi connectivity index (χ2v) is 1.44. The normalized spacial score (nSPS) is 9.78. The van der Waals surface area contributed by atoms with Gasteiger partial charge in [0.1, 0.15) is 0 Å². The second-order valence-electron chi connectivity index (χ2n) is 1.44. The lowest BCUT2D eigenvalue weighted by Crippen LogP contribution is -2.37. The fourth-order valence-corrected chi connectivity index (χ4v) is 0.336. The molecule has 0 aliphatic carbocycles. The molecule has 0 rings (SSSR count). The van der Waals surface area contributed by atoms with Crippen LogP contribution in [0.25, 0.3) is 0 Å². The smallest absolute Gasteiger partial charge is 0.441 e. The molecule has 0 spiro atoms. The van der Waals surface area contributed by atoms with E-state index in [0.29, 0.717) is 0 Å². The second kappa shape index (κ2) is 3.08. The first-order valence-electron chi connectivity index (χ1n) is 2.31. The van der Waals surface area contributed by atoms with E-state index >= 15 is 0 Å². The Morgan fingerprint density at radius 3 is 1.44 bits per heavy atom. The number of hydrogen-bond acceptors (Lipinski definition) is 4. The largest absolute Gasteiger partial charge is 0.548 e. The van der Waals surface area contributed by atoms with Crippen LogP contribution in [-0.2, 0) is 9.31 Å². The number of hydrogen-bond donors (Lipinski definition) is 0. The van der Waals surface area contributed by atoms with Crippen molar-refractivity contribution >= 4 is 6.55 Å². The van der Waals surface area contributed by atoms with E-state index in [4.69, 9.17) is 10.5 Å². The first-order chi connectivity index (χ1) is 4.24. The Balaban J connectivity index is 4.28. The SMILES string of the molecule is CO[B-](C#N)(C#N)OC. The summed E-state index contributed by atoms with van der Waals surface area (Å²) in [6.45, 7) is -2.33. The molecule has 0 saturated carbocycles. The monoisotopic (exact) mass is 125 g/mol. The van der Waals surface area contributed by atoms with Crippen LogP contribution in [0.1, 0.15) is 0 Å². The summed E-state index contributed by atoms with van der Waals surface area (Å²) in [5.41, 5.74) is 0. The van der Waals surface area contributed by atoms with E-state index in [9.17, 15) is 0 Å². The summed E-state index contributed by atoms with van der Waals surface area (Å²) < 4.78 is 9.01. The summed E-state index contributed by atoms with van der Waals surface area (Å²) in [6, 6.07) is 0. The zero-order chi connectivity index (χ0) is 7.33. The summed E-state index contributed by atoms with van der Waals surface area (Å²) in [5, 5.41) is 16.6. The summed E-state index contributed by atoms with van der Waals surface area (Å²) >= 11 is 0. The number of nitriles is 2. The molecule has 0 unspecified atom stereocenters. The molecule has 0 atom stereocenters. The summed E-state index contributed by atoms with van der Waals surface area (Å²) in [7, 11) is 2.52. The maximum atomic E-state index is 8.28. The van der Waals surface area contributed by atoms with Gasteiger partial charge in [0.2, 0.25) is 0 Å². The van der Waals surface area contributed by atoms with Crippen molar-refractivity contribution in [2.24, 2.45) is 0 Å². The lowest BCUT2D eigenvalue weighted by atomic mass is 9.62. The Morgan fingerprint density at radius 2 is 1.44 bits per heavy atom. The van der Waals surface area contributed by atoms with Crippen molar-refractivity contribution in [1.29, 1.82) is 10.5 Å². The van der Waals surface area contributed by atoms with E-state index in [-0.39, 0.29) is 0 Å². The quantitative estimate of drug-likeness (QED) is 0.481. The molecule has 0 aromatic carbocycles. The highest BCUT2D eigenvalue weighted by Gasteiger charge is 2.23. The van der Waals surface area contributed by atoms with Gasteiger partial charge in [0, 0.05) is 0 Å². The zero-order valence-electron chi connectivity index (χ0n) is 5.29. The van der Waals surface area contributed by atoms with Crippen molar-refractivity contribution in [3.63, 3.8) is 0 Å². The standard InChI is InChI=1S/C4H6BN2O2/c1-8-5(3-6,4-7)9-2/h1-2H3/q-1. The van der Waals surface area contributed by atoms with Crippen LogP contribution in [0.3, 0.4) is 0 Å². The number of nitrogens with zero attached hydrogens (tertiary/aromatic N) is 2. The fraction of sp³-hybridized carbons (Fsp3) is 0.500. The third-order valence-corrected chi connectivity index (χ3v) is 1.00. The Kier molecular flexibility index (Phi) is 2.73. The van der Waals surface area contributed by atoms with Crippen LogP contribution < -0.4 is 0 Å². The lowest BCUT2D eigenvalue weighted by Gasteiger charge is -2.21. The highest BCUT2D eigenvalue weighted by molar-refractivity contribution is 6.82.